The van der Waals surface area contributed by atoms with Crippen LogP contribution < -0.4 is 5.32 Å². The molecule has 3 heterocycles. The van der Waals surface area contributed by atoms with Crippen molar-refractivity contribution in [2.24, 2.45) is 17.8 Å². The van der Waals surface area contributed by atoms with E-state index in [9.17, 15) is 9.59 Å². The fourth-order valence-electron chi connectivity index (χ4n) is 4.37. The Hall–Kier alpha value is -2.77. The Morgan fingerprint density at radius 1 is 1.25 bits per heavy atom. The molecule has 148 valence electrons. The van der Waals surface area contributed by atoms with Crippen molar-refractivity contribution in [3.05, 3.63) is 41.7 Å². The number of carbonyl (C=O) groups excluding carboxylic acids is 2. The zero-order chi connectivity index (χ0) is 19.7. The molecule has 1 saturated carbocycles. The molecular weight excluding hydrogens is 356 g/mol. The SMILES string of the molecule is Cc1nc(C)n(CC(=O)N2CC[C@@H]3C[C@@H](C(=O)NCc4ccncc4)[C@@H]3C2)n1. The normalized spacial score (nSPS) is 23.6. The largest absolute Gasteiger partial charge is 0.352 e. The number of aryl methyl sites for hydroxylation is 2. The lowest BCUT2D eigenvalue weighted by Gasteiger charge is -2.50. The van der Waals surface area contributed by atoms with Crippen molar-refractivity contribution in [2.45, 2.75) is 39.8 Å². The van der Waals surface area contributed by atoms with Gasteiger partial charge in [-0.05, 0) is 56.2 Å². The highest BCUT2D eigenvalue weighted by atomic mass is 16.2. The molecule has 2 aromatic rings. The molecule has 28 heavy (non-hydrogen) atoms. The fourth-order valence-corrected chi connectivity index (χ4v) is 4.37. The maximum Gasteiger partial charge on any atom is 0.244 e. The van der Waals surface area contributed by atoms with E-state index in [2.05, 4.69) is 20.4 Å². The Labute approximate surface area is 164 Å². The molecule has 0 spiro atoms. The average Bonchev–Trinajstić information content (AvgIpc) is 2.98. The summed E-state index contributed by atoms with van der Waals surface area (Å²) in [5, 5.41) is 7.31. The summed E-state index contributed by atoms with van der Waals surface area (Å²) in [6, 6.07) is 3.80. The van der Waals surface area contributed by atoms with Crippen LogP contribution in [0.25, 0.3) is 0 Å². The number of pyridine rings is 1. The van der Waals surface area contributed by atoms with Gasteiger partial charge in [-0.25, -0.2) is 9.67 Å². The third kappa shape index (κ3) is 3.76. The zero-order valence-corrected chi connectivity index (χ0v) is 16.3. The molecular formula is C20H26N6O2. The Kier molecular flexibility index (Phi) is 5.11. The number of carbonyl (C=O) groups is 2. The summed E-state index contributed by atoms with van der Waals surface area (Å²) >= 11 is 0. The first-order valence-electron chi connectivity index (χ1n) is 9.83. The van der Waals surface area contributed by atoms with Gasteiger partial charge in [0.15, 0.2) is 0 Å². The molecule has 1 N–H and O–H groups in total. The highest BCUT2D eigenvalue weighted by molar-refractivity contribution is 5.80. The molecule has 8 nitrogen and oxygen atoms in total. The summed E-state index contributed by atoms with van der Waals surface area (Å²) in [6.07, 6.45) is 5.35. The van der Waals surface area contributed by atoms with E-state index in [1.54, 1.807) is 17.1 Å². The van der Waals surface area contributed by atoms with Crippen molar-refractivity contribution in [1.82, 2.24) is 30.0 Å². The Bertz CT molecular complexity index is 865. The third-order valence-electron chi connectivity index (χ3n) is 6.03. The smallest absolute Gasteiger partial charge is 0.244 e. The second-order valence-electron chi connectivity index (χ2n) is 7.83. The van der Waals surface area contributed by atoms with Crippen LogP contribution in [0.4, 0.5) is 0 Å². The minimum Gasteiger partial charge on any atom is -0.352 e. The quantitative estimate of drug-likeness (QED) is 0.836. The number of aromatic nitrogens is 4. The monoisotopic (exact) mass is 382 g/mol. The molecule has 0 radical (unpaired) electrons. The van der Waals surface area contributed by atoms with Gasteiger partial charge in [-0.15, -0.1) is 0 Å². The van der Waals surface area contributed by atoms with E-state index in [1.807, 2.05) is 30.9 Å². The summed E-state index contributed by atoms with van der Waals surface area (Å²) < 4.78 is 1.66. The Morgan fingerprint density at radius 2 is 2.04 bits per heavy atom. The molecule has 1 aliphatic heterocycles. The first kappa shape index (κ1) is 18.6. The van der Waals surface area contributed by atoms with Gasteiger partial charge in [0.05, 0.1) is 0 Å². The van der Waals surface area contributed by atoms with Crippen LogP contribution in [0.5, 0.6) is 0 Å². The average molecular weight is 382 g/mol. The van der Waals surface area contributed by atoms with Gasteiger partial charge in [-0.2, -0.15) is 5.10 Å². The molecule has 0 unspecified atom stereocenters. The number of rotatable bonds is 5. The lowest BCUT2D eigenvalue weighted by Crippen LogP contribution is -2.56. The first-order valence-corrected chi connectivity index (χ1v) is 9.83. The third-order valence-corrected chi connectivity index (χ3v) is 6.03. The van der Waals surface area contributed by atoms with Gasteiger partial charge in [0, 0.05) is 37.9 Å². The second-order valence-corrected chi connectivity index (χ2v) is 7.83. The Morgan fingerprint density at radius 3 is 2.75 bits per heavy atom. The van der Waals surface area contributed by atoms with Crippen LogP contribution in [0.1, 0.15) is 30.1 Å². The predicted octanol–water partition coefficient (Wildman–Crippen LogP) is 1.09. The molecule has 8 heteroatoms. The number of nitrogens with one attached hydrogen (secondary N) is 1. The highest BCUT2D eigenvalue weighted by Crippen LogP contribution is 2.45. The van der Waals surface area contributed by atoms with Crippen LogP contribution in [0.2, 0.25) is 0 Å². The lowest BCUT2D eigenvalue weighted by molar-refractivity contribution is -0.145. The molecule has 4 rings (SSSR count). The van der Waals surface area contributed by atoms with Crippen molar-refractivity contribution in [3.63, 3.8) is 0 Å². The van der Waals surface area contributed by atoms with Crippen LogP contribution in [-0.4, -0.2) is 49.6 Å². The summed E-state index contributed by atoms with van der Waals surface area (Å²) in [5.41, 5.74) is 1.04. The summed E-state index contributed by atoms with van der Waals surface area (Å²) in [5.74, 6) is 2.37. The van der Waals surface area contributed by atoms with Crippen LogP contribution in [0.15, 0.2) is 24.5 Å². The molecule has 3 atom stereocenters. The van der Waals surface area contributed by atoms with E-state index < -0.39 is 0 Å². The molecule has 2 aliphatic rings. The van der Waals surface area contributed by atoms with Crippen molar-refractivity contribution in [2.75, 3.05) is 13.1 Å². The minimum atomic E-state index is -0.00205. The number of hydrogen-bond donors (Lipinski definition) is 1. The van der Waals surface area contributed by atoms with Gasteiger partial charge in [0.2, 0.25) is 11.8 Å². The molecule has 2 fully saturated rings. The van der Waals surface area contributed by atoms with E-state index in [0.29, 0.717) is 24.8 Å². The van der Waals surface area contributed by atoms with Crippen LogP contribution in [0.3, 0.4) is 0 Å². The highest BCUT2D eigenvalue weighted by Gasteiger charge is 2.48. The maximum absolute atomic E-state index is 12.7. The number of hydrogen-bond acceptors (Lipinski definition) is 5. The summed E-state index contributed by atoms with van der Waals surface area (Å²) in [7, 11) is 0. The molecule has 0 bridgehead atoms. The number of nitrogens with zero attached hydrogens (tertiary/aromatic N) is 5. The molecule has 0 aromatic carbocycles. The van der Waals surface area contributed by atoms with Gasteiger partial charge >= 0.3 is 0 Å². The standard InChI is InChI=1S/C20H26N6O2/c1-13-23-14(2)26(24-13)12-19(27)25-8-5-16-9-17(18(16)11-25)20(28)22-10-15-3-6-21-7-4-15/h3-4,6-7,16-18H,5,8-12H2,1-2H3,(H,22,28)/t16-,17-,18-/m1/s1. The van der Waals surface area contributed by atoms with Crippen molar-refractivity contribution >= 4 is 11.8 Å². The minimum absolute atomic E-state index is 0.00205. The van der Waals surface area contributed by atoms with Crippen molar-refractivity contribution in [3.8, 4) is 0 Å². The topological polar surface area (TPSA) is 93.0 Å². The second kappa shape index (κ2) is 7.69. The van der Waals surface area contributed by atoms with Crippen LogP contribution in [0, 0.1) is 31.6 Å². The molecule has 2 amide bonds. The van der Waals surface area contributed by atoms with Gasteiger partial charge in [-0.3, -0.25) is 14.6 Å². The lowest BCUT2D eigenvalue weighted by atomic mass is 9.61. The van der Waals surface area contributed by atoms with Crippen LogP contribution in [-0.2, 0) is 22.7 Å². The number of fused-ring (bicyclic) bond motifs is 1. The van der Waals surface area contributed by atoms with E-state index in [-0.39, 0.29) is 30.2 Å². The van der Waals surface area contributed by atoms with E-state index in [0.717, 1.165) is 30.8 Å². The maximum atomic E-state index is 12.7. The van der Waals surface area contributed by atoms with Gasteiger partial charge in [0.1, 0.15) is 18.2 Å². The van der Waals surface area contributed by atoms with E-state index in [1.165, 1.54) is 0 Å². The molecule has 1 aliphatic carbocycles. The van der Waals surface area contributed by atoms with E-state index in [4.69, 9.17) is 0 Å². The van der Waals surface area contributed by atoms with Gasteiger partial charge < -0.3 is 10.2 Å². The summed E-state index contributed by atoms with van der Waals surface area (Å²) in [4.78, 5) is 35.5. The van der Waals surface area contributed by atoms with Crippen LogP contribution >= 0.6 is 0 Å². The number of piperidine rings is 1. The summed E-state index contributed by atoms with van der Waals surface area (Å²) in [6.45, 7) is 5.82. The zero-order valence-electron chi connectivity index (χ0n) is 16.3. The number of likely N-dealkylation sites (tertiary alicyclic amines) is 1. The van der Waals surface area contributed by atoms with Gasteiger partial charge in [0.25, 0.3) is 0 Å². The first-order chi connectivity index (χ1) is 13.5. The predicted molar refractivity (Wildman–Crippen MR) is 102 cm³/mol. The Balaban J connectivity index is 1.32. The van der Waals surface area contributed by atoms with Gasteiger partial charge in [-0.1, -0.05) is 0 Å². The van der Waals surface area contributed by atoms with E-state index >= 15 is 0 Å². The molecule has 1 saturated heterocycles. The molecule has 2 aromatic heterocycles. The fraction of sp³-hybridized carbons (Fsp3) is 0.550. The number of amides is 2. The van der Waals surface area contributed by atoms with Crippen molar-refractivity contribution in [1.29, 1.82) is 0 Å². The van der Waals surface area contributed by atoms with Crippen molar-refractivity contribution < 1.29 is 9.59 Å².